The first-order valence-corrected chi connectivity index (χ1v) is 11.0. The molecule has 7 nitrogen and oxygen atoms in total. The van der Waals surface area contributed by atoms with Gasteiger partial charge in [0.25, 0.3) is 0 Å². The lowest BCUT2D eigenvalue weighted by molar-refractivity contribution is -0.131. The zero-order valence-corrected chi connectivity index (χ0v) is 17.5. The molecular weight excluding hydrogens is 392 g/mol. The van der Waals surface area contributed by atoms with Crippen LogP contribution in [0.1, 0.15) is 11.1 Å². The van der Waals surface area contributed by atoms with Crippen molar-refractivity contribution in [2.24, 2.45) is 0 Å². The molecule has 0 N–H and O–H groups in total. The summed E-state index contributed by atoms with van der Waals surface area (Å²) in [6.45, 7) is 1.37. The van der Waals surface area contributed by atoms with E-state index in [1.54, 1.807) is 43.4 Å². The minimum Gasteiger partial charge on any atom is -0.497 e. The number of carbonyl (C=O) groups excluding carboxylic acids is 1. The number of hydrogen-bond acceptors (Lipinski definition) is 5. The number of hydrogen-bond donors (Lipinski definition) is 0. The summed E-state index contributed by atoms with van der Waals surface area (Å²) in [6.07, 6.45) is 0.198. The summed E-state index contributed by atoms with van der Waals surface area (Å²) >= 11 is 0. The molecule has 156 valence electrons. The van der Waals surface area contributed by atoms with E-state index in [-0.39, 0.29) is 18.1 Å². The Morgan fingerprint density at radius 2 is 1.66 bits per heavy atom. The summed E-state index contributed by atoms with van der Waals surface area (Å²) < 4.78 is 37.3. The molecule has 1 aliphatic rings. The Bertz CT molecular complexity index is 939. The molecule has 0 aromatic heterocycles. The fourth-order valence-corrected chi connectivity index (χ4v) is 4.88. The molecule has 0 radical (unpaired) electrons. The van der Waals surface area contributed by atoms with Crippen LogP contribution in [0.2, 0.25) is 0 Å². The van der Waals surface area contributed by atoms with E-state index in [2.05, 4.69) is 0 Å². The third-order valence-electron chi connectivity index (χ3n) is 5.01. The number of methoxy groups -OCH3 is 2. The van der Waals surface area contributed by atoms with E-state index >= 15 is 0 Å². The van der Waals surface area contributed by atoms with Crippen LogP contribution in [0.15, 0.2) is 48.5 Å². The van der Waals surface area contributed by atoms with Gasteiger partial charge in [-0.2, -0.15) is 4.31 Å². The maximum Gasteiger partial charge on any atom is 0.227 e. The van der Waals surface area contributed by atoms with Crippen LogP contribution < -0.4 is 9.47 Å². The lowest BCUT2D eigenvalue weighted by atomic mass is 10.1. The average Bonchev–Trinajstić information content (AvgIpc) is 2.74. The van der Waals surface area contributed by atoms with Crippen LogP contribution in [0.3, 0.4) is 0 Å². The van der Waals surface area contributed by atoms with E-state index in [9.17, 15) is 13.2 Å². The van der Waals surface area contributed by atoms with Crippen molar-refractivity contribution in [3.8, 4) is 11.5 Å². The average molecular weight is 419 g/mol. The predicted molar refractivity (Wildman–Crippen MR) is 110 cm³/mol. The van der Waals surface area contributed by atoms with Gasteiger partial charge in [-0.3, -0.25) is 4.79 Å². The molecule has 1 heterocycles. The number of carbonyl (C=O) groups is 1. The Morgan fingerprint density at radius 3 is 2.28 bits per heavy atom. The van der Waals surface area contributed by atoms with Crippen LogP contribution in [0.25, 0.3) is 0 Å². The van der Waals surface area contributed by atoms with E-state index in [0.717, 1.165) is 11.1 Å². The van der Waals surface area contributed by atoms with Crippen molar-refractivity contribution in [3.63, 3.8) is 0 Å². The van der Waals surface area contributed by atoms with Crippen LogP contribution in [-0.2, 0) is 27.0 Å². The molecule has 29 heavy (non-hydrogen) atoms. The highest BCUT2D eigenvalue weighted by Gasteiger charge is 2.29. The second-order valence-corrected chi connectivity index (χ2v) is 8.85. The number of benzene rings is 2. The molecule has 1 saturated heterocycles. The lowest BCUT2D eigenvalue weighted by Gasteiger charge is -2.34. The maximum absolute atomic E-state index is 12.7. The molecule has 2 aromatic rings. The number of piperazine rings is 1. The maximum atomic E-state index is 12.7. The molecule has 1 aliphatic heterocycles. The van der Waals surface area contributed by atoms with Crippen LogP contribution in [0.4, 0.5) is 0 Å². The van der Waals surface area contributed by atoms with Gasteiger partial charge in [0.15, 0.2) is 0 Å². The van der Waals surface area contributed by atoms with Crippen molar-refractivity contribution in [2.75, 3.05) is 40.4 Å². The monoisotopic (exact) mass is 418 g/mol. The van der Waals surface area contributed by atoms with Gasteiger partial charge >= 0.3 is 0 Å². The van der Waals surface area contributed by atoms with E-state index in [0.29, 0.717) is 37.7 Å². The highest BCUT2D eigenvalue weighted by Crippen LogP contribution is 2.25. The number of sulfonamides is 1. The first kappa shape index (κ1) is 21.1. The topological polar surface area (TPSA) is 76.2 Å². The first-order chi connectivity index (χ1) is 13.9. The molecule has 2 aromatic carbocycles. The van der Waals surface area contributed by atoms with Gasteiger partial charge in [-0.15, -0.1) is 0 Å². The normalized spacial score (nSPS) is 15.2. The molecule has 3 rings (SSSR count). The zero-order valence-electron chi connectivity index (χ0n) is 16.7. The Kier molecular flexibility index (Phi) is 6.76. The van der Waals surface area contributed by atoms with Crippen molar-refractivity contribution < 1.29 is 22.7 Å². The summed E-state index contributed by atoms with van der Waals surface area (Å²) in [5, 5.41) is 0. The Hall–Kier alpha value is -2.58. The van der Waals surface area contributed by atoms with Gasteiger partial charge in [-0.1, -0.05) is 36.4 Å². The quantitative estimate of drug-likeness (QED) is 0.687. The summed E-state index contributed by atoms with van der Waals surface area (Å²) in [6, 6.07) is 14.5. The minimum atomic E-state index is -3.40. The van der Waals surface area contributed by atoms with Gasteiger partial charge in [0.05, 0.1) is 26.4 Å². The van der Waals surface area contributed by atoms with E-state index in [1.165, 1.54) is 4.31 Å². The molecule has 0 saturated carbocycles. The lowest BCUT2D eigenvalue weighted by Crippen LogP contribution is -2.51. The van der Waals surface area contributed by atoms with E-state index < -0.39 is 10.0 Å². The molecule has 0 aliphatic carbocycles. The number of amides is 1. The molecule has 0 atom stereocenters. The molecule has 0 bridgehead atoms. The largest absolute Gasteiger partial charge is 0.497 e. The minimum absolute atomic E-state index is 0.0230. The summed E-state index contributed by atoms with van der Waals surface area (Å²) in [5.74, 6) is 1.19. The smallest absolute Gasteiger partial charge is 0.227 e. The Balaban J connectivity index is 1.58. The second kappa shape index (κ2) is 9.28. The SMILES string of the molecule is COc1ccc(CC(=O)N2CCN(S(=O)(=O)Cc3ccccc3)CC2)c(OC)c1. The van der Waals surface area contributed by atoms with Crippen molar-refractivity contribution in [1.29, 1.82) is 0 Å². The fourth-order valence-electron chi connectivity index (χ4n) is 3.36. The van der Waals surface area contributed by atoms with Crippen molar-refractivity contribution in [1.82, 2.24) is 9.21 Å². The van der Waals surface area contributed by atoms with Gasteiger partial charge in [-0.25, -0.2) is 8.42 Å². The van der Waals surface area contributed by atoms with Gasteiger partial charge in [0.1, 0.15) is 11.5 Å². The number of rotatable bonds is 7. The molecule has 0 spiro atoms. The third-order valence-corrected chi connectivity index (χ3v) is 6.86. The predicted octanol–water partition coefficient (Wildman–Crippen LogP) is 1.92. The molecule has 1 amide bonds. The van der Waals surface area contributed by atoms with E-state index in [4.69, 9.17) is 9.47 Å². The van der Waals surface area contributed by atoms with Crippen molar-refractivity contribution in [3.05, 3.63) is 59.7 Å². The van der Waals surface area contributed by atoms with Crippen LogP contribution in [-0.4, -0.2) is 63.9 Å². The summed E-state index contributed by atoms with van der Waals surface area (Å²) in [7, 11) is -0.272. The highest BCUT2D eigenvalue weighted by atomic mass is 32.2. The van der Waals surface area contributed by atoms with Crippen molar-refractivity contribution in [2.45, 2.75) is 12.2 Å². The number of ether oxygens (including phenoxy) is 2. The van der Waals surface area contributed by atoms with Crippen LogP contribution in [0, 0.1) is 0 Å². The molecule has 8 heteroatoms. The fraction of sp³-hybridized carbons (Fsp3) is 0.381. The Labute approximate surface area is 171 Å². The van der Waals surface area contributed by atoms with Gasteiger partial charge in [0, 0.05) is 37.8 Å². The third kappa shape index (κ3) is 5.27. The Morgan fingerprint density at radius 1 is 0.966 bits per heavy atom. The standard InChI is InChI=1S/C21H26N2O5S/c1-27-19-9-8-18(20(15-19)28-2)14-21(24)22-10-12-23(13-11-22)29(25,26)16-17-6-4-3-5-7-17/h3-9,15H,10-14,16H2,1-2H3. The summed E-state index contributed by atoms with van der Waals surface area (Å²) in [5.41, 5.74) is 1.54. The van der Waals surface area contributed by atoms with Crippen LogP contribution >= 0.6 is 0 Å². The van der Waals surface area contributed by atoms with Gasteiger partial charge in [0.2, 0.25) is 15.9 Å². The zero-order chi connectivity index (χ0) is 20.9. The second-order valence-electron chi connectivity index (χ2n) is 6.88. The summed E-state index contributed by atoms with van der Waals surface area (Å²) in [4.78, 5) is 14.4. The van der Waals surface area contributed by atoms with Gasteiger partial charge in [-0.05, 0) is 11.6 Å². The highest BCUT2D eigenvalue weighted by molar-refractivity contribution is 7.88. The molecule has 0 unspecified atom stereocenters. The van der Waals surface area contributed by atoms with Crippen molar-refractivity contribution >= 4 is 15.9 Å². The van der Waals surface area contributed by atoms with Crippen LogP contribution in [0.5, 0.6) is 11.5 Å². The molecule has 1 fully saturated rings. The first-order valence-electron chi connectivity index (χ1n) is 9.43. The van der Waals surface area contributed by atoms with Gasteiger partial charge < -0.3 is 14.4 Å². The number of nitrogens with zero attached hydrogens (tertiary/aromatic N) is 2. The van der Waals surface area contributed by atoms with E-state index in [1.807, 2.05) is 24.3 Å². The molecular formula is C21H26N2O5S.